The Morgan fingerprint density at radius 3 is 2.32 bits per heavy atom. The number of aryl methyl sites for hydroxylation is 1. The van der Waals surface area contributed by atoms with Gasteiger partial charge >= 0.3 is 0 Å². The highest BCUT2D eigenvalue weighted by atomic mass is 32.1. The van der Waals surface area contributed by atoms with E-state index in [1.807, 2.05) is 55.5 Å². The van der Waals surface area contributed by atoms with Gasteiger partial charge in [-0.3, -0.25) is 5.10 Å². The normalized spacial score (nSPS) is 15.3. The Morgan fingerprint density at radius 1 is 0.935 bits per heavy atom. The molecule has 2 heterocycles. The Labute approximate surface area is 186 Å². The van der Waals surface area contributed by atoms with Crippen LogP contribution in [0.15, 0.2) is 84.9 Å². The molecule has 0 saturated carbocycles. The van der Waals surface area contributed by atoms with Gasteiger partial charge in [0.1, 0.15) is 12.4 Å². The Kier molecular flexibility index (Phi) is 5.14. The summed E-state index contributed by atoms with van der Waals surface area (Å²) < 4.78 is 5.97. The van der Waals surface area contributed by atoms with Crippen molar-refractivity contribution in [3.05, 3.63) is 107 Å². The van der Waals surface area contributed by atoms with E-state index in [0.29, 0.717) is 11.7 Å². The number of fused-ring (bicyclic) bond motifs is 1. The molecule has 0 bridgehead atoms. The zero-order valence-electron chi connectivity index (χ0n) is 17.1. The number of nitrogens with one attached hydrogen (secondary N) is 2. The van der Waals surface area contributed by atoms with Gasteiger partial charge in [0.15, 0.2) is 10.9 Å². The van der Waals surface area contributed by atoms with Crippen LogP contribution in [0.1, 0.15) is 28.4 Å². The van der Waals surface area contributed by atoms with Crippen LogP contribution < -0.4 is 15.0 Å². The molecule has 31 heavy (non-hydrogen) atoms. The highest BCUT2D eigenvalue weighted by Crippen LogP contribution is 2.41. The van der Waals surface area contributed by atoms with Crippen LogP contribution in [-0.4, -0.2) is 15.3 Å². The van der Waals surface area contributed by atoms with Crippen LogP contribution in [0.3, 0.4) is 0 Å². The quantitative estimate of drug-likeness (QED) is 0.407. The van der Waals surface area contributed by atoms with Gasteiger partial charge in [-0.05, 0) is 54.5 Å². The van der Waals surface area contributed by atoms with Crippen molar-refractivity contribution in [2.45, 2.75) is 19.6 Å². The number of aromatic amines is 1. The van der Waals surface area contributed by atoms with Crippen LogP contribution in [-0.2, 0) is 6.61 Å². The predicted molar refractivity (Wildman–Crippen MR) is 128 cm³/mol. The van der Waals surface area contributed by atoms with E-state index in [2.05, 4.69) is 56.8 Å². The zero-order chi connectivity index (χ0) is 21.2. The molecule has 154 valence electrons. The maximum atomic E-state index is 5.97. The van der Waals surface area contributed by atoms with Crippen molar-refractivity contribution in [2.24, 2.45) is 0 Å². The molecule has 1 atom stereocenters. The van der Waals surface area contributed by atoms with Gasteiger partial charge in [-0.2, -0.15) is 5.10 Å². The lowest BCUT2D eigenvalue weighted by Gasteiger charge is -2.38. The number of nitrogens with zero attached hydrogens (tertiary/aromatic N) is 2. The molecule has 3 aromatic carbocycles. The fraction of sp³-hybridized carbons (Fsp3) is 0.120. The van der Waals surface area contributed by atoms with Crippen molar-refractivity contribution in [1.82, 2.24) is 10.2 Å². The molecule has 4 aromatic rings. The third-order valence-corrected chi connectivity index (χ3v) is 5.75. The number of hydrogen-bond donors (Lipinski definition) is 2. The summed E-state index contributed by atoms with van der Waals surface area (Å²) >= 11 is 5.73. The monoisotopic (exact) mass is 426 g/mol. The second-order valence-corrected chi connectivity index (χ2v) is 7.88. The van der Waals surface area contributed by atoms with Gasteiger partial charge in [-0.15, -0.1) is 0 Å². The number of H-pyrrole nitrogens is 1. The Bertz CT molecular complexity index is 1190. The number of ether oxygens (including phenoxy) is 1. The third-order valence-electron chi connectivity index (χ3n) is 5.45. The number of rotatable bonds is 5. The minimum absolute atomic E-state index is 0.0897. The van der Waals surface area contributed by atoms with Gasteiger partial charge in [0.2, 0.25) is 0 Å². The highest BCUT2D eigenvalue weighted by Gasteiger charge is 2.35. The number of aromatic nitrogens is 2. The Balaban J connectivity index is 1.48. The topological polar surface area (TPSA) is 53.2 Å². The Morgan fingerprint density at radius 2 is 1.61 bits per heavy atom. The highest BCUT2D eigenvalue weighted by molar-refractivity contribution is 7.80. The van der Waals surface area contributed by atoms with Gasteiger partial charge < -0.3 is 15.0 Å². The van der Waals surface area contributed by atoms with E-state index in [1.54, 1.807) is 0 Å². The first-order chi connectivity index (χ1) is 15.2. The summed E-state index contributed by atoms with van der Waals surface area (Å²) in [7, 11) is 0. The van der Waals surface area contributed by atoms with Gasteiger partial charge in [-0.25, -0.2) is 0 Å². The maximum Gasteiger partial charge on any atom is 0.180 e. The van der Waals surface area contributed by atoms with E-state index in [1.165, 1.54) is 0 Å². The standard InChI is InChI=1S/C25H22N4OS/c1-17-22-23(19-12-14-21(15-13-19)30-16-18-8-4-2-5-9-18)29(20-10-6-3-7-11-20)25(31)26-24(22)28-27-17/h2-15,23H,16H2,1H3,(H2,26,27,28,31). The molecule has 2 N–H and O–H groups in total. The SMILES string of the molecule is Cc1[nH]nc2c1C(c1ccc(OCc3ccccc3)cc1)N(c1ccccc1)C(=S)N2. The van der Waals surface area contributed by atoms with Gasteiger partial charge in [0.25, 0.3) is 0 Å². The van der Waals surface area contributed by atoms with Crippen LogP contribution in [0.4, 0.5) is 11.5 Å². The van der Waals surface area contributed by atoms with Gasteiger partial charge in [0.05, 0.1) is 6.04 Å². The van der Waals surface area contributed by atoms with Crippen molar-refractivity contribution >= 4 is 28.8 Å². The molecule has 0 fully saturated rings. The summed E-state index contributed by atoms with van der Waals surface area (Å²) in [5, 5.41) is 11.4. The predicted octanol–water partition coefficient (Wildman–Crippen LogP) is 5.60. The lowest BCUT2D eigenvalue weighted by molar-refractivity contribution is 0.306. The first-order valence-electron chi connectivity index (χ1n) is 10.2. The van der Waals surface area contributed by atoms with E-state index in [-0.39, 0.29) is 6.04 Å². The molecule has 0 aliphatic carbocycles. The molecule has 0 saturated heterocycles. The molecule has 0 amide bonds. The smallest absolute Gasteiger partial charge is 0.180 e. The van der Waals surface area contributed by atoms with E-state index in [4.69, 9.17) is 17.0 Å². The lowest BCUT2D eigenvalue weighted by Crippen LogP contribution is -2.42. The van der Waals surface area contributed by atoms with Crippen molar-refractivity contribution in [2.75, 3.05) is 10.2 Å². The third kappa shape index (κ3) is 3.78. The lowest BCUT2D eigenvalue weighted by atomic mass is 9.95. The second-order valence-electron chi connectivity index (χ2n) is 7.49. The minimum atomic E-state index is -0.0897. The summed E-state index contributed by atoms with van der Waals surface area (Å²) in [5.41, 5.74) is 5.39. The van der Waals surface area contributed by atoms with Crippen LogP contribution in [0, 0.1) is 6.92 Å². The molecule has 0 radical (unpaired) electrons. The minimum Gasteiger partial charge on any atom is -0.489 e. The van der Waals surface area contributed by atoms with Crippen LogP contribution in [0.5, 0.6) is 5.75 Å². The molecule has 6 heteroatoms. The zero-order valence-corrected chi connectivity index (χ0v) is 17.9. The molecule has 1 aliphatic rings. The van der Waals surface area contributed by atoms with Gasteiger partial charge in [0, 0.05) is 16.9 Å². The van der Waals surface area contributed by atoms with Crippen LogP contribution in [0.2, 0.25) is 0 Å². The van der Waals surface area contributed by atoms with Crippen molar-refractivity contribution in [1.29, 1.82) is 0 Å². The van der Waals surface area contributed by atoms with E-state index >= 15 is 0 Å². The maximum absolute atomic E-state index is 5.97. The van der Waals surface area contributed by atoms with Crippen molar-refractivity contribution in [3.8, 4) is 5.75 Å². The molecule has 0 spiro atoms. The largest absolute Gasteiger partial charge is 0.489 e. The summed E-state index contributed by atoms with van der Waals surface area (Å²) in [5.74, 6) is 1.61. The molecular weight excluding hydrogens is 404 g/mol. The number of thiocarbonyl (C=S) groups is 1. The van der Waals surface area contributed by atoms with Crippen molar-refractivity contribution in [3.63, 3.8) is 0 Å². The second kappa shape index (κ2) is 8.24. The number of anilines is 2. The number of hydrogen-bond acceptors (Lipinski definition) is 3. The summed E-state index contributed by atoms with van der Waals surface area (Å²) in [4.78, 5) is 2.14. The number of para-hydroxylation sites is 1. The molecular formula is C25H22N4OS. The molecule has 5 nitrogen and oxygen atoms in total. The summed E-state index contributed by atoms with van der Waals surface area (Å²) in [6.07, 6.45) is 0. The van der Waals surface area contributed by atoms with Crippen LogP contribution in [0.25, 0.3) is 0 Å². The Hall–Kier alpha value is -3.64. The number of benzene rings is 3. The summed E-state index contributed by atoms with van der Waals surface area (Å²) in [6.45, 7) is 2.58. The molecule has 1 unspecified atom stereocenters. The van der Waals surface area contributed by atoms with Gasteiger partial charge in [-0.1, -0.05) is 60.7 Å². The molecule has 1 aliphatic heterocycles. The first kappa shape index (κ1) is 19.3. The summed E-state index contributed by atoms with van der Waals surface area (Å²) in [6, 6.07) is 28.5. The van der Waals surface area contributed by atoms with E-state index in [0.717, 1.165) is 39.6 Å². The first-order valence-corrected chi connectivity index (χ1v) is 10.6. The van der Waals surface area contributed by atoms with Crippen LogP contribution >= 0.6 is 12.2 Å². The molecule has 1 aromatic heterocycles. The average Bonchev–Trinajstić information content (AvgIpc) is 3.18. The fourth-order valence-corrected chi connectivity index (χ4v) is 4.24. The van der Waals surface area contributed by atoms with E-state index < -0.39 is 0 Å². The fourth-order valence-electron chi connectivity index (χ4n) is 3.93. The van der Waals surface area contributed by atoms with Crippen molar-refractivity contribution < 1.29 is 4.74 Å². The molecule has 5 rings (SSSR count). The van der Waals surface area contributed by atoms with E-state index in [9.17, 15) is 0 Å². The average molecular weight is 427 g/mol.